The summed E-state index contributed by atoms with van der Waals surface area (Å²) in [7, 11) is 1.75. The van der Waals surface area contributed by atoms with Crippen molar-refractivity contribution in [2.45, 2.75) is 65.8 Å². The van der Waals surface area contributed by atoms with E-state index in [0.29, 0.717) is 35.6 Å². The fraction of sp³-hybridized carbons (Fsp3) is 0.591. The molecule has 5 heteroatoms. The smallest absolute Gasteiger partial charge is 0.261 e. The van der Waals surface area contributed by atoms with Gasteiger partial charge in [0.1, 0.15) is 5.82 Å². The van der Waals surface area contributed by atoms with Crippen molar-refractivity contribution in [3.63, 3.8) is 0 Å². The molecule has 1 aromatic heterocycles. The van der Waals surface area contributed by atoms with Gasteiger partial charge in [0.05, 0.1) is 16.9 Å². The molecule has 0 aliphatic heterocycles. The zero-order valence-electron chi connectivity index (χ0n) is 17.4. The van der Waals surface area contributed by atoms with Crippen molar-refractivity contribution in [3.8, 4) is 0 Å². The average molecular weight is 372 g/mol. The Hall–Kier alpha value is -2.17. The van der Waals surface area contributed by atoms with Crippen LogP contribution in [-0.2, 0) is 11.8 Å². The maximum atomic E-state index is 12.9. The number of rotatable bonds is 9. The van der Waals surface area contributed by atoms with Crippen LogP contribution in [0, 0.1) is 5.92 Å². The van der Waals surface area contributed by atoms with Crippen LogP contribution in [-0.4, -0.2) is 26.9 Å². The minimum Gasteiger partial charge on any atom is -0.333 e. The topological polar surface area (TPSA) is 55.2 Å². The highest BCUT2D eigenvalue weighted by atomic mass is 16.2. The first-order valence-corrected chi connectivity index (χ1v) is 10.1. The first kappa shape index (κ1) is 21.1. The number of hydrogen-bond donors (Lipinski definition) is 0. The van der Waals surface area contributed by atoms with Gasteiger partial charge in [-0.2, -0.15) is 0 Å². The lowest BCUT2D eigenvalue weighted by Crippen LogP contribution is -2.38. The van der Waals surface area contributed by atoms with Crippen LogP contribution < -0.4 is 5.56 Å². The number of carbonyl (C=O) groups is 1. The van der Waals surface area contributed by atoms with E-state index in [0.717, 1.165) is 19.3 Å². The number of benzene rings is 1. The Morgan fingerprint density at radius 1 is 1.15 bits per heavy atom. The Balaban J connectivity index is 2.36. The maximum Gasteiger partial charge on any atom is 0.261 e. The summed E-state index contributed by atoms with van der Waals surface area (Å²) in [6.07, 6.45) is 4.94. The first-order chi connectivity index (χ1) is 12.9. The highest BCUT2D eigenvalue weighted by molar-refractivity contribution is 5.78. The lowest BCUT2D eigenvalue weighted by molar-refractivity contribution is -0.134. The fourth-order valence-electron chi connectivity index (χ4n) is 3.46. The van der Waals surface area contributed by atoms with Crippen LogP contribution in [0.1, 0.15) is 71.7 Å². The van der Waals surface area contributed by atoms with Crippen LogP contribution >= 0.6 is 0 Å². The van der Waals surface area contributed by atoms with Gasteiger partial charge in [-0.3, -0.25) is 14.2 Å². The molecular formula is C22H33N3O2. The number of para-hydroxylation sites is 1. The predicted molar refractivity (Wildman–Crippen MR) is 111 cm³/mol. The second kappa shape index (κ2) is 9.67. The third kappa shape index (κ3) is 5.18. The number of nitrogens with zero attached hydrogens (tertiary/aromatic N) is 3. The first-order valence-electron chi connectivity index (χ1n) is 10.1. The monoisotopic (exact) mass is 371 g/mol. The molecule has 0 N–H and O–H groups in total. The van der Waals surface area contributed by atoms with Gasteiger partial charge >= 0.3 is 0 Å². The summed E-state index contributed by atoms with van der Waals surface area (Å²) in [4.78, 5) is 32.3. The molecule has 1 aromatic carbocycles. The molecule has 0 radical (unpaired) electrons. The summed E-state index contributed by atoms with van der Waals surface area (Å²) in [6.45, 7) is 8.98. The van der Waals surface area contributed by atoms with E-state index in [-0.39, 0.29) is 17.5 Å². The van der Waals surface area contributed by atoms with Crippen LogP contribution in [0.15, 0.2) is 29.1 Å². The molecule has 0 aliphatic carbocycles. The molecule has 0 aliphatic rings. The van der Waals surface area contributed by atoms with E-state index < -0.39 is 0 Å². The molecule has 0 fully saturated rings. The van der Waals surface area contributed by atoms with Crippen LogP contribution in [0.5, 0.6) is 0 Å². The Labute approximate surface area is 162 Å². The predicted octanol–water partition coefficient (Wildman–Crippen LogP) is 4.45. The Morgan fingerprint density at radius 2 is 1.85 bits per heavy atom. The van der Waals surface area contributed by atoms with Crippen LogP contribution in [0.4, 0.5) is 0 Å². The summed E-state index contributed by atoms with van der Waals surface area (Å²) in [6, 6.07) is 7.15. The number of carbonyl (C=O) groups excluding carboxylic acids is 1. The highest BCUT2D eigenvalue weighted by Gasteiger charge is 2.25. The van der Waals surface area contributed by atoms with Crippen LogP contribution in [0.2, 0.25) is 0 Å². The lowest BCUT2D eigenvalue weighted by atomic mass is 10.1. The molecule has 1 amide bonds. The molecule has 0 bridgehead atoms. The zero-order chi connectivity index (χ0) is 20.0. The molecule has 5 nitrogen and oxygen atoms in total. The minimum atomic E-state index is -0.236. The summed E-state index contributed by atoms with van der Waals surface area (Å²) in [5, 5.41) is 0.610. The second-order valence-electron chi connectivity index (χ2n) is 7.77. The van der Waals surface area contributed by atoms with Crippen LogP contribution in [0.3, 0.4) is 0 Å². The van der Waals surface area contributed by atoms with E-state index in [1.807, 2.05) is 30.0 Å². The van der Waals surface area contributed by atoms with Crippen molar-refractivity contribution in [2.75, 3.05) is 6.54 Å². The summed E-state index contributed by atoms with van der Waals surface area (Å²) < 4.78 is 1.59. The third-order valence-electron chi connectivity index (χ3n) is 5.01. The van der Waals surface area contributed by atoms with Crippen molar-refractivity contribution in [2.24, 2.45) is 13.0 Å². The molecule has 1 unspecified atom stereocenters. The third-order valence-corrected chi connectivity index (χ3v) is 5.01. The van der Waals surface area contributed by atoms with E-state index >= 15 is 0 Å². The standard InChI is InChI=1S/C22H33N3O2/c1-6-7-8-11-14-25(20(26)15-16(2)3)17(4)21-23-19-13-10-9-12-18(19)22(27)24(21)5/h9-10,12-13,16-17H,6-8,11,14-15H2,1-5H3. The number of amides is 1. The van der Waals surface area contributed by atoms with Gasteiger partial charge in [0, 0.05) is 20.0 Å². The SMILES string of the molecule is CCCCCCN(C(=O)CC(C)C)C(C)c1nc2ccccc2c(=O)n1C. The van der Waals surface area contributed by atoms with Crippen molar-refractivity contribution in [1.29, 1.82) is 0 Å². The Kier molecular flexibility index (Phi) is 7.57. The van der Waals surface area contributed by atoms with Crippen LogP contribution in [0.25, 0.3) is 10.9 Å². The maximum absolute atomic E-state index is 12.9. The summed E-state index contributed by atoms with van der Waals surface area (Å²) in [5.74, 6) is 1.08. The molecule has 1 atom stereocenters. The van der Waals surface area contributed by atoms with Gasteiger partial charge in [-0.1, -0.05) is 52.2 Å². The fourth-order valence-corrected chi connectivity index (χ4v) is 3.46. The molecular weight excluding hydrogens is 338 g/mol. The quantitative estimate of drug-likeness (QED) is 0.612. The van der Waals surface area contributed by atoms with E-state index in [1.165, 1.54) is 6.42 Å². The van der Waals surface area contributed by atoms with E-state index in [9.17, 15) is 9.59 Å². The van der Waals surface area contributed by atoms with Crippen molar-refractivity contribution >= 4 is 16.8 Å². The van der Waals surface area contributed by atoms with Crippen molar-refractivity contribution < 1.29 is 4.79 Å². The van der Waals surface area contributed by atoms with Crippen molar-refractivity contribution in [3.05, 3.63) is 40.4 Å². The second-order valence-corrected chi connectivity index (χ2v) is 7.77. The molecule has 2 aromatic rings. The highest BCUT2D eigenvalue weighted by Crippen LogP contribution is 2.22. The molecule has 0 spiro atoms. The number of fused-ring (bicyclic) bond motifs is 1. The minimum absolute atomic E-state index is 0.0651. The van der Waals surface area contributed by atoms with E-state index in [1.54, 1.807) is 17.7 Å². The number of unbranched alkanes of at least 4 members (excludes halogenated alkanes) is 3. The van der Waals surface area contributed by atoms with Gasteiger partial charge < -0.3 is 4.90 Å². The van der Waals surface area contributed by atoms with Crippen molar-refractivity contribution in [1.82, 2.24) is 14.5 Å². The average Bonchev–Trinajstić information content (AvgIpc) is 2.63. The van der Waals surface area contributed by atoms with Gasteiger partial charge in [-0.25, -0.2) is 4.98 Å². The van der Waals surface area contributed by atoms with Gasteiger partial charge in [0.15, 0.2) is 0 Å². The van der Waals surface area contributed by atoms with E-state index in [4.69, 9.17) is 4.98 Å². The Morgan fingerprint density at radius 3 is 2.52 bits per heavy atom. The number of hydrogen-bond acceptors (Lipinski definition) is 3. The normalized spacial score (nSPS) is 12.5. The zero-order valence-corrected chi connectivity index (χ0v) is 17.4. The molecule has 0 saturated carbocycles. The number of aromatic nitrogens is 2. The van der Waals surface area contributed by atoms with Gasteiger partial charge in [0.25, 0.3) is 5.56 Å². The molecule has 0 saturated heterocycles. The largest absolute Gasteiger partial charge is 0.333 e. The summed E-state index contributed by atoms with van der Waals surface area (Å²) >= 11 is 0. The molecule has 27 heavy (non-hydrogen) atoms. The molecule has 148 valence electrons. The van der Waals surface area contributed by atoms with Gasteiger partial charge in [0.2, 0.25) is 5.91 Å². The summed E-state index contributed by atoms with van der Waals surface area (Å²) in [5.41, 5.74) is 0.620. The Bertz CT molecular complexity index is 826. The van der Waals surface area contributed by atoms with Gasteiger partial charge in [-0.15, -0.1) is 0 Å². The van der Waals surface area contributed by atoms with E-state index in [2.05, 4.69) is 20.8 Å². The lowest BCUT2D eigenvalue weighted by Gasteiger charge is -2.30. The molecule has 1 heterocycles. The van der Waals surface area contributed by atoms with Gasteiger partial charge in [-0.05, 0) is 31.4 Å². The molecule has 2 rings (SSSR count).